The molecule has 92 valence electrons. The SMILES string of the molecule is CCCN1CCN(C(=O)NCC(=O)O)CC1. The monoisotopic (exact) mass is 229 g/mol. The maximum Gasteiger partial charge on any atom is 0.323 e. The van der Waals surface area contributed by atoms with Crippen LogP contribution in [0.3, 0.4) is 0 Å². The molecule has 1 heterocycles. The Bertz CT molecular complexity index is 250. The molecule has 1 aliphatic heterocycles. The molecule has 0 aromatic rings. The Morgan fingerprint density at radius 3 is 2.38 bits per heavy atom. The van der Waals surface area contributed by atoms with Gasteiger partial charge in [-0.15, -0.1) is 0 Å². The molecule has 0 bridgehead atoms. The second kappa shape index (κ2) is 6.32. The van der Waals surface area contributed by atoms with Crippen molar-refractivity contribution in [2.75, 3.05) is 39.3 Å². The van der Waals surface area contributed by atoms with Gasteiger partial charge in [0.25, 0.3) is 0 Å². The summed E-state index contributed by atoms with van der Waals surface area (Å²) in [4.78, 5) is 25.8. The molecule has 0 atom stereocenters. The molecule has 16 heavy (non-hydrogen) atoms. The number of aliphatic carboxylic acids is 1. The Labute approximate surface area is 95.2 Å². The first-order chi connectivity index (χ1) is 7.63. The fraction of sp³-hybridized carbons (Fsp3) is 0.800. The van der Waals surface area contributed by atoms with E-state index < -0.39 is 5.97 Å². The first-order valence-corrected chi connectivity index (χ1v) is 5.60. The van der Waals surface area contributed by atoms with Crippen LogP contribution in [0, 0.1) is 0 Å². The van der Waals surface area contributed by atoms with E-state index >= 15 is 0 Å². The van der Waals surface area contributed by atoms with Crippen molar-refractivity contribution in [3.63, 3.8) is 0 Å². The van der Waals surface area contributed by atoms with Crippen molar-refractivity contribution in [2.24, 2.45) is 0 Å². The molecular weight excluding hydrogens is 210 g/mol. The number of hydrogen-bond acceptors (Lipinski definition) is 3. The topological polar surface area (TPSA) is 72.9 Å². The predicted molar refractivity (Wildman–Crippen MR) is 59.3 cm³/mol. The summed E-state index contributed by atoms with van der Waals surface area (Å²) in [5, 5.41) is 10.8. The van der Waals surface area contributed by atoms with Gasteiger partial charge in [-0.05, 0) is 13.0 Å². The smallest absolute Gasteiger partial charge is 0.323 e. The average molecular weight is 229 g/mol. The molecular formula is C10H19N3O3. The summed E-state index contributed by atoms with van der Waals surface area (Å²) in [7, 11) is 0. The summed E-state index contributed by atoms with van der Waals surface area (Å²) >= 11 is 0. The molecule has 1 aliphatic rings. The van der Waals surface area contributed by atoms with Crippen molar-refractivity contribution >= 4 is 12.0 Å². The zero-order valence-electron chi connectivity index (χ0n) is 9.61. The number of rotatable bonds is 4. The van der Waals surface area contributed by atoms with Gasteiger partial charge in [0.2, 0.25) is 0 Å². The molecule has 2 N–H and O–H groups in total. The molecule has 0 aliphatic carbocycles. The van der Waals surface area contributed by atoms with Gasteiger partial charge in [0.05, 0.1) is 0 Å². The van der Waals surface area contributed by atoms with E-state index in [9.17, 15) is 9.59 Å². The predicted octanol–water partition coefficient (Wildman–Crippen LogP) is -0.192. The van der Waals surface area contributed by atoms with Crippen molar-refractivity contribution in [1.82, 2.24) is 15.1 Å². The number of piperazine rings is 1. The third-order valence-electron chi connectivity index (χ3n) is 2.59. The number of carbonyl (C=O) groups excluding carboxylic acids is 1. The molecule has 6 nitrogen and oxygen atoms in total. The van der Waals surface area contributed by atoms with E-state index in [1.165, 1.54) is 0 Å². The maximum absolute atomic E-state index is 11.5. The fourth-order valence-electron chi connectivity index (χ4n) is 1.75. The van der Waals surface area contributed by atoms with Crippen molar-refractivity contribution in [3.05, 3.63) is 0 Å². The number of nitrogens with one attached hydrogen (secondary N) is 1. The largest absolute Gasteiger partial charge is 0.480 e. The fourth-order valence-corrected chi connectivity index (χ4v) is 1.75. The van der Waals surface area contributed by atoms with Crippen LogP contribution < -0.4 is 5.32 Å². The number of amides is 2. The molecule has 6 heteroatoms. The van der Waals surface area contributed by atoms with Gasteiger partial charge in [0.1, 0.15) is 6.54 Å². The summed E-state index contributed by atoms with van der Waals surface area (Å²) in [5.74, 6) is -1.02. The molecule has 0 unspecified atom stereocenters. The number of carboxylic acid groups (broad SMARTS) is 1. The van der Waals surface area contributed by atoms with Crippen LogP contribution in [-0.4, -0.2) is 66.2 Å². The maximum atomic E-state index is 11.5. The molecule has 0 aromatic carbocycles. The van der Waals surface area contributed by atoms with Gasteiger partial charge in [0.15, 0.2) is 0 Å². The average Bonchev–Trinajstić information content (AvgIpc) is 2.27. The standard InChI is InChI=1S/C10H19N3O3/c1-2-3-12-4-6-13(7-5-12)10(16)11-8-9(14)15/h2-8H2,1H3,(H,11,16)(H,14,15). The molecule has 1 fully saturated rings. The summed E-state index contributed by atoms with van der Waals surface area (Å²) in [6.45, 7) is 5.96. The number of carbonyl (C=O) groups is 2. The van der Waals surface area contributed by atoms with Crippen LogP contribution in [-0.2, 0) is 4.79 Å². The molecule has 0 radical (unpaired) electrons. The van der Waals surface area contributed by atoms with Gasteiger partial charge < -0.3 is 15.3 Å². The quantitative estimate of drug-likeness (QED) is 0.700. The minimum absolute atomic E-state index is 0.279. The van der Waals surface area contributed by atoms with Gasteiger partial charge in [-0.2, -0.15) is 0 Å². The Hall–Kier alpha value is -1.30. The number of carboxylic acids is 1. The van der Waals surface area contributed by atoms with E-state index in [-0.39, 0.29) is 12.6 Å². The molecule has 0 aromatic heterocycles. The van der Waals surface area contributed by atoms with Crippen molar-refractivity contribution in [2.45, 2.75) is 13.3 Å². The first-order valence-electron chi connectivity index (χ1n) is 5.60. The highest BCUT2D eigenvalue weighted by Gasteiger charge is 2.20. The zero-order valence-corrected chi connectivity index (χ0v) is 9.61. The van der Waals surface area contributed by atoms with Crippen LogP contribution in [0.25, 0.3) is 0 Å². The molecule has 1 saturated heterocycles. The lowest BCUT2D eigenvalue weighted by atomic mass is 10.3. The molecule has 0 spiro atoms. The molecule has 1 rings (SSSR count). The Kier molecular flexibility index (Phi) is 5.04. The minimum atomic E-state index is -1.02. The minimum Gasteiger partial charge on any atom is -0.480 e. The van der Waals surface area contributed by atoms with Crippen LogP contribution in [0.5, 0.6) is 0 Å². The van der Waals surface area contributed by atoms with E-state index in [0.717, 1.165) is 26.1 Å². The van der Waals surface area contributed by atoms with Crippen LogP contribution >= 0.6 is 0 Å². The lowest BCUT2D eigenvalue weighted by molar-refractivity contribution is -0.135. The summed E-state index contributed by atoms with van der Waals surface area (Å²) < 4.78 is 0. The highest BCUT2D eigenvalue weighted by molar-refractivity contribution is 5.80. The Morgan fingerprint density at radius 1 is 1.25 bits per heavy atom. The normalized spacial score (nSPS) is 17.2. The van der Waals surface area contributed by atoms with Crippen molar-refractivity contribution in [1.29, 1.82) is 0 Å². The van der Waals surface area contributed by atoms with Gasteiger partial charge in [-0.25, -0.2) is 4.79 Å². The summed E-state index contributed by atoms with van der Waals surface area (Å²) in [6.07, 6.45) is 1.12. The highest BCUT2D eigenvalue weighted by atomic mass is 16.4. The Morgan fingerprint density at radius 2 is 1.88 bits per heavy atom. The second-order valence-corrected chi connectivity index (χ2v) is 3.88. The Balaban J connectivity index is 2.24. The molecule has 2 amide bonds. The van der Waals surface area contributed by atoms with Crippen LogP contribution in [0.4, 0.5) is 4.79 Å². The molecule has 0 saturated carbocycles. The number of urea groups is 1. The van der Waals surface area contributed by atoms with Gasteiger partial charge in [-0.3, -0.25) is 9.69 Å². The van der Waals surface area contributed by atoms with Crippen molar-refractivity contribution < 1.29 is 14.7 Å². The van der Waals surface area contributed by atoms with E-state index in [1.807, 2.05) is 0 Å². The van der Waals surface area contributed by atoms with Gasteiger partial charge in [-0.1, -0.05) is 6.92 Å². The summed E-state index contributed by atoms with van der Waals surface area (Å²) in [6, 6.07) is -0.279. The number of hydrogen-bond donors (Lipinski definition) is 2. The third kappa shape index (κ3) is 4.06. The van der Waals surface area contributed by atoms with E-state index in [2.05, 4.69) is 17.1 Å². The van der Waals surface area contributed by atoms with Gasteiger partial charge in [0, 0.05) is 26.2 Å². The van der Waals surface area contributed by atoms with Crippen LogP contribution in [0.15, 0.2) is 0 Å². The lowest BCUT2D eigenvalue weighted by Crippen LogP contribution is -2.52. The second-order valence-electron chi connectivity index (χ2n) is 3.88. The third-order valence-corrected chi connectivity index (χ3v) is 2.59. The first kappa shape index (κ1) is 12.8. The van der Waals surface area contributed by atoms with Gasteiger partial charge >= 0.3 is 12.0 Å². The van der Waals surface area contributed by atoms with Crippen molar-refractivity contribution in [3.8, 4) is 0 Å². The van der Waals surface area contributed by atoms with E-state index in [4.69, 9.17) is 5.11 Å². The van der Waals surface area contributed by atoms with Crippen LogP contribution in [0.2, 0.25) is 0 Å². The van der Waals surface area contributed by atoms with E-state index in [1.54, 1.807) is 4.90 Å². The number of nitrogens with zero attached hydrogens (tertiary/aromatic N) is 2. The highest BCUT2D eigenvalue weighted by Crippen LogP contribution is 2.02. The summed E-state index contributed by atoms with van der Waals surface area (Å²) in [5.41, 5.74) is 0. The lowest BCUT2D eigenvalue weighted by Gasteiger charge is -2.34. The zero-order chi connectivity index (χ0) is 12.0. The van der Waals surface area contributed by atoms with Crippen LogP contribution in [0.1, 0.15) is 13.3 Å². The van der Waals surface area contributed by atoms with E-state index in [0.29, 0.717) is 13.1 Å².